The van der Waals surface area contributed by atoms with E-state index in [0.29, 0.717) is 30.5 Å². The maximum Gasteiger partial charge on any atom is 0.258 e. The minimum Gasteiger partial charge on any atom is -0.506 e. The summed E-state index contributed by atoms with van der Waals surface area (Å²) in [5.41, 5.74) is -0.193. The number of likely N-dealkylation sites (tertiary alicyclic amines) is 1. The van der Waals surface area contributed by atoms with Crippen LogP contribution in [0.3, 0.4) is 0 Å². The number of phenolic OH excluding ortho intramolecular Hbond substituents is 1. The molecule has 0 aromatic heterocycles. The number of benzene rings is 3. The fourth-order valence-electron chi connectivity index (χ4n) is 4.29. The second-order valence-electron chi connectivity index (χ2n) is 9.71. The topological polar surface area (TPSA) is 116 Å². The van der Waals surface area contributed by atoms with Gasteiger partial charge in [-0.1, -0.05) is 36.4 Å². The Morgan fingerprint density at radius 1 is 1.03 bits per heavy atom. The van der Waals surface area contributed by atoms with E-state index >= 15 is 0 Å². The molecule has 1 unspecified atom stereocenters. The van der Waals surface area contributed by atoms with Crippen LogP contribution in [-0.2, 0) is 14.8 Å². The first kappa shape index (κ1) is 24.7. The lowest BCUT2D eigenvalue weighted by molar-refractivity contribution is -0.119. The predicted octanol–water partition coefficient (Wildman–Crippen LogP) is 3.87. The van der Waals surface area contributed by atoms with E-state index < -0.39 is 33.4 Å². The van der Waals surface area contributed by atoms with Crippen molar-refractivity contribution in [3.05, 3.63) is 66.2 Å². The third-order valence-corrected chi connectivity index (χ3v) is 7.56. The van der Waals surface area contributed by atoms with Crippen molar-refractivity contribution in [3.8, 4) is 5.75 Å². The highest BCUT2D eigenvalue weighted by Crippen LogP contribution is 2.31. The summed E-state index contributed by atoms with van der Waals surface area (Å²) in [4.78, 5) is 27.9. The van der Waals surface area contributed by atoms with Gasteiger partial charge in [-0.05, 0) is 63.3 Å². The molecule has 2 amide bonds. The zero-order valence-electron chi connectivity index (χ0n) is 19.9. The molecule has 0 radical (unpaired) electrons. The van der Waals surface area contributed by atoms with Gasteiger partial charge in [-0.3, -0.25) is 9.59 Å². The molecule has 1 aliphatic heterocycles. The Labute approximate surface area is 205 Å². The van der Waals surface area contributed by atoms with Gasteiger partial charge < -0.3 is 15.3 Å². The van der Waals surface area contributed by atoms with E-state index in [1.807, 2.05) is 12.1 Å². The van der Waals surface area contributed by atoms with E-state index in [0.717, 1.165) is 5.39 Å². The Morgan fingerprint density at radius 2 is 1.77 bits per heavy atom. The summed E-state index contributed by atoms with van der Waals surface area (Å²) in [7, 11) is -3.77. The first-order chi connectivity index (χ1) is 16.5. The molecule has 35 heavy (non-hydrogen) atoms. The molecule has 1 atom stereocenters. The van der Waals surface area contributed by atoms with Gasteiger partial charge in [-0.15, -0.1) is 0 Å². The predicted molar refractivity (Wildman–Crippen MR) is 135 cm³/mol. The summed E-state index contributed by atoms with van der Waals surface area (Å²) in [6, 6.07) is 15.8. The van der Waals surface area contributed by atoms with Crippen LogP contribution in [0.15, 0.2) is 65.6 Å². The van der Waals surface area contributed by atoms with Crippen molar-refractivity contribution in [1.29, 1.82) is 0 Å². The highest BCUT2D eigenvalue weighted by molar-refractivity contribution is 7.89. The molecule has 1 saturated heterocycles. The molecule has 1 aliphatic rings. The molecule has 0 spiro atoms. The highest BCUT2D eigenvalue weighted by atomic mass is 32.2. The molecule has 0 bridgehead atoms. The van der Waals surface area contributed by atoms with E-state index in [-0.39, 0.29) is 16.2 Å². The zero-order valence-corrected chi connectivity index (χ0v) is 20.7. The Hall–Kier alpha value is -3.43. The zero-order chi connectivity index (χ0) is 25.4. The summed E-state index contributed by atoms with van der Waals surface area (Å²) in [5, 5.41) is 14.9. The lowest BCUT2D eigenvalue weighted by atomic mass is 10.0. The van der Waals surface area contributed by atoms with Crippen molar-refractivity contribution in [2.75, 3.05) is 11.9 Å². The van der Waals surface area contributed by atoms with Crippen molar-refractivity contribution < 1.29 is 23.1 Å². The number of hydrogen-bond donors (Lipinski definition) is 3. The largest absolute Gasteiger partial charge is 0.506 e. The van der Waals surface area contributed by atoms with Crippen LogP contribution < -0.4 is 10.0 Å². The summed E-state index contributed by atoms with van der Waals surface area (Å²) in [6.07, 6.45) is 1.11. The second kappa shape index (κ2) is 9.31. The smallest absolute Gasteiger partial charge is 0.258 e. The quantitative estimate of drug-likeness (QED) is 0.497. The minimum atomic E-state index is -3.77. The van der Waals surface area contributed by atoms with Crippen LogP contribution in [-0.4, -0.2) is 48.4 Å². The molecular formula is C26H29N3O5S. The van der Waals surface area contributed by atoms with Crippen LogP contribution in [0.4, 0.5) is 5.69 Å². The Balaban J connectivity index is 1.54. The fraction of sp³-hybridized carbons (Fsp3) is 0.308. The van der Waals surface area contributed by atoms with Crippen LogP contribution in [0.5, 0.6) is 5.75 Å². The third kappa shape index (κ3) is 5.31. The number of sulfonamides is 1. The van der Waals surface area contributed by atoms with Crippen LogP contribution in [0, 0.1) is 0 Å². The molecule has 4 rings (SSSR count). The lowest BCUT2D eigenvalue weighted by Crippen LogP contribution is -2.43. The van der Waals surface area contributed by atoms with Crippen LogP contribution in [0.2, 0.25) is 0 Å². The van der Waals surface area contributed by atoms with Crippen molar-refractivity contribution in [3.63, 3.8) is 0 Å². The van der Waals surface area contributed by atoms with Gasteiger partial charge in [0.15, 0.2) is 0 Å². The van der Waals surface area contributed by atoms with Gasteiger partial charge in [0, 0.05) is 23.2 Å². The minimum absolute atomic E-state index is 0.0330. The number of anilines is 1. The molecule has 9 heteroatoms. The van der Waals surface area contributed by atoms with E-state index in [9.17, 15) is 23.1 Å². The highest BCUT2D eigenvalue weighted by Gasteiger charge is 2.35. The SMILES string of the molecule is CC(C)(C)NS(=O)(=O)c1cccc(NC(=O)C2CCCN2C(=O)c2ccc3ccccc3c2O)c1. The van der Waals surface area contributed by atoms with Crippen LogP contribution >= 0.6 is 0 Å². The average Bonchev–Trinajstić information content (AvgIpc) is 3.28. The van der Waals surface area contributed by atoms with Crippen molar-refractivity contribution in [2.45, 2.75) is 50.1 Å². The van der Waals surface area contributed by atoms with E-state index in [4.69, 9.17) is 0 Å². The molecular weight excluding hydrogens is 466 g/mol. The van der Waals surface area contributed by atoms with Gasteiger partial charge in [0.05, 0.1) is 10.5 Å². The Bertz CT molecular complexity index is 1400. The van der Waals surface area contributed by atoms with Crippen LogP contribution in [0.25, 0.3) is 10.8 Å². The standard InChI is InChI=1S/C26H29N3O5S/c1-26(2,3)28-35(33,34)19-10-6-9-18(16-19)27-24(31)22-12-7-15-29(22)25(32)21-14-13-17-8-4-5-11-20(17)23(21)30/h4-6,8-11,13-14,16,22,28,30H,7,12,15H2,1-3H3,(H,27,31). The number of aromatic hydroxyl groups is 1. The van der Waals surface area contributed by atoms with Crippen LogP contribution in [0.1, 0.15) is 44.0 Å². The molecule has 0 aliphatic carbocycles. The number of amides is 2. The van der Waals surface area contributed by atoms with Gasteiger partial charge in [0.25, 0.3) is 5.91 Å². The number of phenols is 1. The number of nitrogens with zero attached hydrogens (tertiary/aromatic N) is 1. The van der Waals surface area contributed by atoms with Gasteiger partial charge >= 0.3 is 0 Å². The number of carbonyl (C=O) groups excluding carboxylic acids is 2. The summed E-state index contributed by atoms with van der Waals surface area (Å²) in [6.45, 7) is 5.62. The fourth-order valence-corrected chi connectivity index (χ4v) is 5.76. The number of carbonyl (C=O) groups is 2. The van der Waals surface area contributed by atoms with Crippen molar-refractivity contribution >= 4 is 38.3 Å². The molecule has 3 aromatic carbocycles. The molecule has 3 N–H and O–H groups in total. The van der Waals surface area contributed by atoms with Crippen molar-refractivity contribution in [2.24, 2.45) is 0 Å². The van der Waals surface area contributed by atoms with E-state index in [1.165, 1.54) is 17.0 Å². The van der Waals surface area contributed by atoms with Crippen molar-refractivity contribution in [1.82, 2.24) is 9.62 Å². The number of nitrogens with one attached hydrogen (secondary N) is 2. The van der Waals surface area contributed by atoms with E-state index in [1.54, 1.807) is 57.2 Å². The van der Waals surface area contributed by atoms with Gasteiger partial charge in [-0.2, -0.15) is 0 Å². The van der Waals surface area contributed by atoms with E-state index in [2.05, 4.69) is 10.0 Å². The van der Waals surface area contributed by atoms with Gasteiger partial charge in [0.1, 0.15) is 11.8 Å². The maximum atomic E-state index is 13.3. The first-order valence-corrected chi connectivity index (χ1v) is 12.9. The molecule has 1 fully saturated rings. The van der Waals surface area contributed by atoms with Gasteiger partial charge in [-0.25, -0.2) is 13.1 Å². The van der Waals surface area contributed by atoms with Gasteiger partial charge in [0.2, 0.25) is 15.9 Å². The summed E-state index contributed by atoms with van der Waals surface area (Å²) >= 11 is 0. The molecule has 8 nitrogen and oxygen atoms in total. The normalized spacial score (nSPS) is 16.4. The third-order valence-electron chi connectivity index (χ3n) is 5.80. The number of rotatable bonds is 5. The number of fused-ring (bicyclic) bond motifs is 1. The molecule has 0 saturated carbocycles. The molecule has 184 valence electrons. The first-order valence-electron chi connectivity index (χ1n) is 11.4. The monoisotopic (exact) mass is 495 g/mol. The Morgan fingerprint density at radius 3 is 2.51 bits per heavy atom. The Kier molecular flexibility index (Phi) is 6.57. The average molecular weight is 496 g/mol. The molecule has 1 heterocycles. The lowest BCUT2D eigenvalue weighted by Gasteiger charge is -2.25. The summed E-state index contributed by atoms with van der Waals surface area (Å²) < 4.78 is 27.9. The second-order valence-corrected chi connectivity index (χ2v) is 11.4. The summed E-state index contributed by atoms with van der Waals surface area (Å²) in [5.74, 6) is -0.936. The number of hydrogen-bond acceptors (Lipinski definition) is 5. The molecule has 3 aromatic rings. The maximum absolute atomic E-state index is 13.3.